The van der Waals surface area contributed by atoms with Crippen LogP contribution in [0.1, 0.15) is 11.1 Å². The van der Waals surface area contributed by atoms with E-state index in [1.807, 2.05) is 22.6 Å². The molecule has 1 nitrogen and oxygen atoms in total. The van der Waals surface area contributed by atoms with Gasteiger partial charge in [-0.25, -0.2) is 0 Å². The molecule has 0 aromatic heterocycles. The van der Waals surface area contributed by atoms with Crippen LogP contribution in [0.4, 0.5) is 8.78 Å². The maximum atomic E-state index is 13.3. The second kappa shape index (κ2) is 3.12. The summed E-state index contributed by atoms with van der Waals surface area (Å²) in [6.07, 6.45) is 2.36. The first-order chi connectivity index (χ1) is 6.51. The number of hydrogen-bond donors (Lipinski definition) is 0. The summed E-state index contributed by atoms with van der Waals surface area (Å²) in [6.45, 7) is 0. The summed E-state index contributed by atoms with van der Waals surface area (Å²) in [4.78, 5) is 10.9. The van der Waals surface area contributed by atoms with Crippen molar-refractivity contribution < 1.29 is 13.6 Å². The predicted octanol–water partition coefficient (Wildman–Crippen LogP) is 2.98. The monoisotopic (exact) mass is 306 g/mol. The highest BCUT2D eigenvalue weighted by Crippen LogP contribution is 2.36. The predicted molar refractivity (Wildman–Crippen MR) is 57.1 cm³/mol. The highest BCUT2D eigenvalue weighted by atomic mass is 127. The Bertz CT molecular complexity index is 438. The molecule has 0 bridgehead atoms. The summed E-state index contributed by atoms with van der Waals surface area (Å²) >= 11 is 2.04. The van der Waals surface area contributed by atoms with Gasteiger partial charge in [-0.15, -0.1) is 0 Å². The van der Waals surface area contributed by atoms with E-state index < -0.39 is 11.7 Å². The number of fused-ring (bicyclic) bond motifs is 1. The van der Waals surface area contributed by atoms with E-state index in [9.17, 15) is 13.6 Å². The number of alkyl halides is 2. The van der Waals surface area contributed by atoms with E-state index >= 15 is 0 Å². The van der Waals surface area contributed by atoms with E-state index in [4.69, 9.17) is 0 Å². The van der Waals surface area contributed by atoms with Crippen molar-refractivity contribution in [2.24, 2.45) is 0 Å². The zero-order valence-corrected chi connectivity index (χ0v) is 9.09. The van der Waals surface area contributed by atoms with Gasteiger partial charge in [0, 0.05) is 9.13 Å². The Morgan fingerprint density at radius 2 is 1.93 bits per heavy atom. The molecule has 14 heavy (non-hydrogen) atoms. The van der Waals surface area contributed by atoms with Crippen LogP contribution in [0.5, 0.6) is 0 Å². The molecule has 1 aromatic rings. The standard InChI is InChI=1S/C10H5F2IO/c11-10(12)8-3-2-7(13)5-6(8)1-4-9(10)14/h1-5H. The first-order valence-electron chi connectivity index (χ1n) is 3.92. The van der Waals surface area contributed by atoms with Crippen LogP contribution in [0.2, 0.25) is 0 Å². The molecule has 0 radical (unpaired) electrons. The van der Waals surface area contributed by atoms with Crippen molar-refractivity contribution in [2.45, 2.75) is 5.92 Å². The third kappa shape index (κ3) is 1.37. The van der Waals surface area contributed by atoms with Gasteiger partial charge in [-0.05, 0) is 46.4 Å². The van der Waals surface area contributed by atoms with E-state index in [0.29, 0.717) is 5.56 Å². The number of halogens is 3. The molecular formula is C10H5F2IO. The van der Waals surface area contributed by atoms with Crippen molar-refractivity contribution in [1.29, 1.82) is 0 Å². The number of allylic oxidation sites excluding steroid dienone is 1. The van der Waals surface area contributed by atoms with Gasteiger partial charge >= 0.3 is 5.92 Å². The maximum Gasteiger partial charge on any atom is 0.334 e. The molecule has 0 amide bonds. The van der Waals surface area contributed by atoms with Crippen LogP contribution in [-0.4, -0.2) is 5.78 Å². The molecule has 1 aromatic carbocycles. The molecule has 0 saturated carbocycles. The minimum absolute atomic E-state index is 0.203. The SMILES string of the molecule is O=C1C=Cc2cc(I)ccc2C1(F)F. The average Bonchev–Trinajstić information content (AvgIpc) is 2.12. The van der Waals surface area contributed by atoms with E-state index in [0.717, 1.165) is 9.65 Å². The van der Waals surface area contributed by atoms with Gasteiger partial charge in [0.1, 0.15) is 0 Å². The Balaban J connectivity index is 2.67. The molecule has 72 valence electrons. The van der Waals surface area contributed by atoms with E-state index in [2.05, 4.69) is 0 Å². The van der Waals surface area contributed by atoms with Gasteiger partial charge in [0.05, 0.1) is 0 Å². The van der Waals surface area contributed by atoms with Gasteiger partial charge in [0.2, 0.25) is 5.78 Å². The molecule has 0 unspecified atom stereocenters. The second-order valence-electron chi connectivity index (χ2n) is 3.00. The van der Waals surface area contributed by atoms with Crippen LogP contribution >= 0.6 is 22.6 Å². The van der Waals surface area contributed by atoms with Gasteiger partial charge in [-0.3, -0.25) is 4.79 Å². The second-order valence-corrected chi connectivity index (χ2v) is 4.25. The lowest BCUT2D eigenvalue weighted by Crippen LogP contribution is -2.27. The first kappa shape index (κ1) is 9.76. The van der Waals surface area contributed by atoms with Crippen LogP contribution in [0.25, 0.3) is 6.08 Å². The lowest BCUT2D eigenvalue weighted by atomic mass is 9.93. The molecule has 0 N–H and O–H groups in total. The third-order valence-electron chi connectivity index (χ3n) is 2.08. The smallest absolute Gasteiger partial charge is 0.288 e. The number of benzene rings is 1. The number of carbonyl (C=O) groups is 1. The van der Waals surface area contributed by atoms with Gasteiger partial charge in [0.15, 0.2) is 0 Å². The van der Waals surface area contributed by atoms with Crippen molar-refractivity contribution >= 4 is 34.5 Å². The number of rotatable bonds is 0. The Morgan fingerprint density at radius 1 is 1.21 bits per heavy atom. The molecule has 1 aliphatic rings. The summed E-state index contributed by atoms with van der Waals surface area (Å²) < 4.78 is 27.5. The van der Waals surface area contributed by atoms with Crippen molar-refractivity contribution in [1.82, 2.24) is 0 Å². The number of hydrogen-bond acceptors (Lipinski definition) is 1. The van der Waals surface area contributed by atoms with Gasteiger partial charge in [-0.2, -0.15) is 8.78 Å². The molecule has 0 heterocycles. The van der Waals surface area contributed by atoms with Crippen LogP contribution in [0.3, 0.4) is 0 Å². The molecule has 2 rings (SSSR count). The van der Waals surface area contributed by atoms with E-state index in [-0.39, 0.29) is 5.56 Å². The van der Waals surface area contributed by atoms with Crippen molar-refractivity contribution in [3.8, 4) is 0 Å². The first-order valence-corrected chi connectivity index (χ1v) is 5.00. The summed E-state index contributed by atoms with van der Waals surface area (Å²) in [5, 5.41) is 0. The molecule has 0 saturated heterocycles. The van der Waals surface area contributed by atoms with Crippen molar-refractivity contribution in [2.75, 3.05) is 0 Å². The quantitative estimate of drug-likeness (QED) is 0.674. The fraction of sp³-hybridized carbons (Fsp3) is 0.100. The lowest BCUT2D eigenvalue weighted by molar-refractivity contribution is -0.139. The van der Waals surface area contributed by atoms with Gasteiger partial charge in [-0.1, -0.05) is 12.1 Å². The Hall–Kier alpha value is -0.780. The zero-order chi connectivity index (χ0) is 10.3. The van der Waals surface area contributed by atoms with Gasteiger partial charge < -0.3 is 0 Å². The van der Waals surface area contributed by atoms with E-state index in [1.165, 1.54) is 12.1 Å². The molecular weight excluding hydrogens is 301 g/mol. The minimum Gasteiger partial charge on any atom is -0.288 e. The molecule has 0 atom stereocenters. The van der Waals surface area contributed by atoms with Crippen LogP contribution in [0.15, 0.2) is 24.3 Å². The van der Waals surface area contributed by atoms with E-state index in [1.54, 1.807) is 12.1 Å². The summed E-state index contributed by atoms with van der Waals surface area (Å²) in [5.74, 6) is -4.51. The molecule has 0 fully saturated rings. The summed E-state index contributed by atoms with van der Waals surface area (Å²) in [7, 11) is 0. The fourth-order valence-electron chi connectivity index (χ4n) is 1.36. The Kier molecular flexibility index (Phi) is 2.17. The van der Waals surface area contributed by atoms with Crippen LogP contribution in [0, 0.1) is 3.57 Å². The Morgan fingerprint density at radius 3 is 2.64 bits per heavy atom. The maximum absolute atomic E-state index is 13.3. The van der Waals surface area contributed by atoms with Gasteiger partial charge in [0.25, 0.3) is 0 Å². The Labute approximate surface area is 93.0 Å². The van der Waals surface area contributed by atoms with Crippen LogP contribution in [-0.2, 0) is 10.7 Å². The lowest BCUT2D eigenvalue weighted by Gasteiger charge is -2.19. The zero-order valence-electron chi connectivity index (χ0n) is 6.93. The third-order valence-corrected chi connectivity index (χ3v) is 2.75. The number of carbonyl (C=O) groups excluding carboxylic acids is 1. The molecule has 1 aliphatic carbocycles. The summed E-state index contributed by atoms with van der Waals surface area (Å²) in [6, 6.07) is 4.50. The summed E-state index contributed by atoms with van der Waals surface area (Å²) in [5.41, 5.74) is 0.215. The van der Waals surface area contributed by atoms with Crippen LogP contribution < -0.4 is 0 Å². The molecule has 4 heteroatoms. The fourth-order valence-corrected chi connectivity index (χ4v) is 1.88. The van der Waals surface area contributed by atoms with Crippen molar-refractivity contribution in [3.05, 3.63) is 39.0 Å². The normalized spacial score (nSPS) is 18.1. The number of ketones is 1. The molecule has 0 aliphatic heterocycles. The highest BCUT2D eigenvalue weighted by Gasteiger charge is 2.42. The highest BCUT2D eigenvalue weighted by molar-refractivity contribution is 14.1. The van der Waals surface area contributed by atoms with Crippen molar-refractivity contribution in [3.63, 3.8) is 0 Å². The topological polar surface area (TPSA) is 17.1 Å². The molecule has 0 spiro atoms. The largest absolute Gasteiger partial charge is 0.334 e. The minimum atomic E-state index is -3.37. The average molecular weight is 306 g/mol.